The smallest absolute Gasteiger partial charge is 0.408 e. The van der Waals surface area contributed by atoms with Crippen molar-refractivity contribution >= 4 is 12.1 Å². The number of alkyl carbamates (subject to hydrolysis) is 1. The van der Waals surface area contributed by atoms with E-state index in [-0.39, 0.29) is 6.61 Å². The Hall–Kier alpha value is -2.15. The number of carbonyl (C=O) groups excluding carboxylic acids is 2. The summed E-state index contributed by atoms with van der Waals surface area (Å²) in [6, 6.07) is 1.94. The predicted octanol–water partition coefficient (Wildman–Crippen LogP) is 1.57. The summed E-state index contributed by atoms with van der Waals surface area (Å²) in [7, 11) is 0. The van der Waals surface area contributed by atoms with E-state index in [4.69, 9.17) is 9.47 Å². The molecule has 1 aromatic rings. The number of amides is 1. The molecule has 22 heavy (non-hydrogen) atoms. The van der Waals surface area contributed by atoms with Crippen LogP contribution >= 0.6 is 0 Å². The molecule has 2 atom stereocenters. The first kappa shape index (κ1) is 17.9. The van der Waals surface area contributed by atoms with Crippen LogP contribution in [0.15, 0.2) is 24.5 Å². The van der Waals surface area contributed by atoms with Crippen molar-refractivity contribution in [2.45, 2.75) is 45.4 Å². The van der Waals surface area contributed by atoms with Gasteiger partial charge in [0.1, 0.15) is 11.7 Å². The molecule has 0 saturated carbocycles. The molecule has 1 amide bonds. The average Bonchev–Trinajstić information content (AvgIpc) is 2.43. The third kappa shape index (κ3) is 5.69. The second-order valence-electron chi connectivity index (χ2n) is 5.61. The highest BCUT2D eigenvalue weighted by Gasteiger charge is 2.32. The number of hydrogen-bond donors (Lipinski definition) is 2. The van der Waals surface area contributed by atoms with Gasteiger partial charge in [0.25, 0.3) is 0 Å². The number of nitrogens with zero attached hydrogens (tertiary/aromatic N) is 1. The van der Waals surface area contributed by atoms with Gasteiger partial charge >= 0.3 is 12.1 Å². The lowest BCUT2D eigenvalue weighted by Crippen LogP contribution is -2.47. The molecular formula is C15H22N2O5. The van der Waals surface area contributed by atoms with Crippen LogP contribution in [0.25, 0.3) is 0 Å². The first-order chi connectivity index (χ1) is 10.2. The maximum absolute atomic E-state index is 12.0. The number of carbonyl (C=O) groups is 2. The van der Waals surface area contributed by atoms with Gasteiger partial charge in [-0.05, 0) is 33.8 Å². The molecule has 0 aliphatic carbocycles. The standard InChI is InChI=1S/C15H22N2O5/c1-5-21-13(19)11(17-14(20)22-15(2,3)4)12(18)10-7-6-8-16-9-10/h6-9,11-12,18H,5H2,1-4H3,(H,17,20)/t11-,12-/m1/s1. The molecule has 0 aliphatic heterocycles. The summed E-state index contributed by atoms with van der Waals surface area (Å²) >= 11 is 0. The molecule has 1 heterocycles. The SMILES string of the molecule is CCOC(=O)[C@H](NC(=O)OC(C)(C)C)[C@H](O)c1cccnc1. The molecule has 7 nitrogen and oxygen atoms in total. The van der Waals surface area contributed by atoms with Gasteiger partial charge in [0, 0.05) is 18.0 Å². The highest BCUT2D eigenvalue weighted by molar-refractivity contribution is 5.82. The number of aromatic nitrogens is 1. The first-order valence-corrected chi connectivity index (χ1v) is 6.98. The fourth-order valence-electron chi connectivity index (χ4n) is 1.68. The molecule has 7 heteroatoms. The molecule has 0 bridgehead atoms. The zero-order valence-electron chi connectivity index (χ0n) is 13.2. The highest BCUT2D eigenvalue weighted by Crippen LogP contribution is 2.17. The van der Waals surface area contributed by atoms with Gasteiger partial charge in [0.2, 0.25) is 0 Å². The van der Waals surface area contributed by atoms with E-state index in [1.54, 1.807) is 39.8 Å². The number of nitrogens with one attached hydrogen (secondary N) is 1. The molecular weight excluding hydrogens is 288 g/mol. The van der Waals surface area contributed by atoms with Crippen molar-refractivity contribution in [1.82, 2.24) is 10.3 Å². The van der Waals surface area contributed by atoms with Crippen molar-refractivity contribution in [2.24, 2.45) is 0 Å². The minimum absolute atomic E-state index is 0.130. The quantitative estimate of drug-likeness (QED) is 0.801. The van der Waals surface area contributed by atoms with Crippen molar-refractivity contribution in [3.63, 3.8) is 0 Å². The average molecular weight is 310 g/mol. The van der Waals surface area contributed by atoms with Crippen LogP contribution < -0.4 is 5.32 Å². The van der Waals surface area contributed by atoms with Crippen LogP contribution in [0.3, 0.4) is 0 Å². The monoisotopic (exact) mass is 310 g/mol. The maximum Gasteiger partial charge on any atom is 0.408 e. The fourth-order valence-corrected chi connectivity index (χ4v) is 1.68. The molecule has 1 aromatic heterocycles. The van der Waals surface area contributed by atoms with E-state index in [1.165, 1.54) is 12.4 Å². The molecule has 0 saturated heterocycles. The summed E-state index contributed by atoms with van der Waals surface area (Å²) < 4.78 is 9.99. The first-order valence-electron chi connectivity index (χ1n) is 6.98. The molecule has 0 aromatic carbocycles. The lowest BCUT2D eigenvalue weighted by molar-refractivity contribution is -0.148. The third-order valence-corrected chi connectivity index (χ3v) is 2.55. The molecule has 0 radical (unpaired) electrons. The van der Waals surface area contributed by atoms with E-state index in [9.17, 15) is 14.7 Å². The van der Waals surface area contributed by atoms with Gasteiger partial charge in [-0.15, -0.1) is 0 Å². The van der Waals surface area contributed by atoms with Crippen molar-refractivity contribution in [1.29, 1.82) is 0 Å². The Bertz CT molecular complexity index is 498. The Morgan fingerprint density at radius 2 is 2.09 bits per heavy atom. The molecule has 0 spiro atoms. The van der Waals surface area contributed by atoms with Crippen molar-refractivity contribution in [3.05, 3.63) is 30.1 Å². The van der Waals surface area contributed by atoms with Gasteiger partial charge in [-0.3, -0.25) is 4.98 Å². The summed E-state index contributed by atoms with van der Waals surface area (Å²) in [6.45, 7) is 6.86. The second-order valence-corrected chi connectivity index (χ2v) is 5.61. The van der Waals surface area contributed by atoms with Gasteiger partial charge in [-0.2, -0.15) is 0 Å². The van der Waals surface area contributed by atoms with Gasteiger partial charge in [-0.25, -0.2) is 9.59 Å². The van der Waals surface area contributed by atoms with Crippen LogP contribution in [0.1, 0.15) is 39.4 Å². The van der Waals surface area contributed by atoms with Crippen LogP contribution in [0.4, 0.5) is 4.79 Å². The largest absolute Gasteiger partial charge is 0.464 e. The summed E-state index contributed by atoms with van der Waals surface area (Å²) in [5.74, 6) is -0.746. The normalized spacial score (nSPS) is 13.9. The van der Waals surface area contributed by atoms with Crippen molar-refractivity contribution < 1.29 is 24.2 Å². The minimum atomic E-state index is -1.29. The van der Waals surface area contributed by atoms with E-state index < -0.39 is 29.8 Å². The number of hydrogen-bond acceptors (Lipinski definition) is 6. The number of aliphatic hydroxyl groups excluding tert-OH is 1. The molecule has 1 rings (SSSR count). The van der Waals surface area contributed by atoms with Crippen molar-refractivity contribution in [3.8, 4) is 0 Å². The summed E-state index contributed by atoms with van der Waals surface area (Å²) in [4.78, 5) is 27.7. The molecule has 0 unspecified atom stereocenters. The fraction of sp³-hybridized carbons (Fsp3) is 0.533. The van der Waals surface area contributed by atoms with Gasteiger partial charge in [0.05, 0.1) is 6.61 Å². The van der Waals surface area contributed by atoms with Crippen LogP contribution in [-0.2, 0) is 14.3 Å². The zero-order valence-corrected chi connectivity index (χ0v) is 13.2. The minimum Gasteiger partial charge on any atom is -0.464 e. The van der Waals surface area contributed by atoms with E-state index in [1.807, 2.05) is 0 Å². The second kappa shape index (κ2) is 7.74. The topological polar surface area (TPSA) is 97.8 Å². The van der Waals surface area contributed by atoms with E-state index in [0.717, 1.165) is 0 Å². The van der Waals surface area contributed by atoms with Crippen LogP contribution in [-0.4, -0.2) is 40.4 Å². The number of esters is 1. The molecule has 0 aliphatic rings. The lowest BCUT2D eigenvalue weighted by Gasteiger charge is -2.25. The van der Waals surface area contributed by atoms with Gasteiger partial charge < -0.3 is 19.9 Å². The van der Waals surface area contributed by atoms with E-state index in [0.29, 0.717) is 5.56 Å². The Labute approximate surface area is 129 Å². The van der Waals surface area contributed by atoms with E-state index in [2.05, 4.69) is 10.3 Å². The molecule has 2 N–H and O–H groups in total. The summed E-state index contributed by atoms with van der Waals surface area (Å²) in [5, 5.41) is 12.7. The summed E-state index contributed by atoms with van der Waals surface area (Å²) in [6.07, 6.45) is 0.846. The van der Waals surface area contributed by atoms with Gasteiger partial charge in [0.15, 0.2) is 6.04 Å². The summed E-state index contributed by atoms with van der Waals surface area (Å²) in [5.41, 5.74) is -0.334. The van der Waals surface area contributed by atoms with Crippen LogP contribution in [0.5, 0.6) is 0 Å². The van der Waals surface area contributed by atoms with E-state index >= 15 is 0 Å². The Balaban J connectivity index is 2.89. The number of pyridine rings is 1. The maximum atomic E-state index is 12.0. The van der Waals surface area contributed by atoms with Crippen LogP contribution in [0, 0.1) is 0 Å². The number of rotatable bonds is 5. The Morgan fingerprint density at radius 3 is 2.59 bits per heavy atom. The molecule has 122 valence electrons. The van der Waals surface area contributed by atoms with Gasteiger partial charge in [-0.1, -0.05) is 6.07 Å². The van der Waals surface area contributed by atoms with Crippen LogP contribution in [0.2, 0.25) is 0 Å². The number of aliphatic hydroxyl groups is 1. The highest BCUT2D eigenvalue weighted by atomic mass is 16.6. The Kier molecular flexibility index (Phi) is 6.30. The zero-order chi connectivity index (χ0) is 16.8. The van der Waals surface area contributed by atoms with Crippen molar-refractivity contribution in [2.75, 3.05) is 6.61 Å². The number of ether oxygens (including phenoxy) is 2. The molecule has 0 fully saturated rings. The predicted molar refractivity (Wildman–Crippen MR) is 79.0 cm³/mol. The lowest BCUT2D eigenvalue weighted by atomic mass is 10.0. The Morgan fingerprint density at radius 1 is 1.41 bits per heavy atom. The third-order valence-electron chi connectivity index (χ3n) is 2.55.